The second-order valence-electron chi connectivity index (χ2n) is 9.77. The number of hydrogen-bond donors (Lipinski definition) is 0. The molecule has 2 fully saturated rings. The lowest BCUT2D eigenvalue weighted by Crippen LogP contribution is -2.13. The van der Waals surface area contributed by atoms with E-state index in [1.165, 1.54) is 75.3 Å². The fraction of sp³-hybridized carbons (Fsp3) is 0.552. The van der Waals surface area contributed by atoms with Crippen LogP contribution >= 0.6 is 0 Å². The third kappa shape index (κ3) is 5.94. The molecule has 0 spiro atoms. The van der Waals surface area contributed by atoms with Gasteiger partial charge in [-0.2, -0.15) is 0 Å². The van der Waals surface area contributed by atoms with Gasteiger partial charge in [-0.1, -0.05) is 87.1 Å². The van der Waals surface area contributed by atoms with Crippen LogP contribution in [0.1, 0.15) is 124 Å². The van der Waals surface area contributed by atoms with Crippen LogP contribution in [0.15, 0.2) is 48.5 Å². The van der Waals surface area contributed by atoms with Gasteiger partial charge >= 0.3 is 6.16 Å². The molecule has 0 N–H and O–H groups in total. The van der Waals surface area contributed by atoms with Crippen molar-refractivity contribution in [3.8, 4) is 0 Å². The van der Waals surface area contributed by atoms with Gasteiger partial charge in [0.15, 0.2) is 0 Å². The maximum Gasteiger partial charge on any atom is 0.509 e. The van der Waals surface area contributed by atoms with E-state index in [9.17, 15) is 4.79 Å². The van der Waals surface area contributed by atoms with Crippen molar-refractivity contribution >= 4 is 6.16 Å². The van der Waals surface area contributed by atoms with E-state index in [0.717, 1.165) is 11.1 Å². The Morgan fingerprint density at radius 2 is 0.969 bits per heavy atom. The molecule has 0 aromatic heterocycles. The Morgan fingerprint density at radius 1 is 0.625 bits per heavy atom. The van der Waals surface area contributed by atoms with Crippen molar-refractivity contribution in [1.82, 2.24) is 0 Å². The first kappa shape index (κ1) is 22.9. The highest BCUT2D eigenvalue weighted by molar-refractivity contribution is 5.61. The fourth-order valence-electron chi connectivity index (χ4n) is 5.40. The van der Waals surface area contributed by atoms with Gasteiger partial charge in [0.2, 0.25) is 0 Å². The van der Waals surface area contributed by atoms with E-state index in [0.29, 0.717) is 11.8 Å². The number of benzene rings is 2. The molecular formula is C29H38O3. The number of carbonyl (C=O) groups excluding carboxylic acids is 1. The van der Waals surface area contributed by atoms with E-state index in [2.05, 4.69) is 48.5 Å². The van der Waals surface area contributed by atoms with Crippen LogP contribution in [0.4, 0.5) is 4.79 Å². The van der Waals surface area contributed by atoms with Crippen molar-refractivity contribution < 1.29 is 14.3 Å². The molecule has 172 valence electrons. The van der Waals surface area contributed by atoms with Crippen LogP contribution in [0.2, 0.25) is 0 Å². The summed E-state index contributed by atoms with van der Waals surface area (Å²) in [6.07, 6.45) is 11.9. The molecule has 2 aromatic rings. The number of rotatable bonds is 6. The third-order valence-corrected chi connectivity index (χ3v) is 7.51. The van der Waals surface area contributed by atoms with Crippen LogP contribution < -0.4 is 0 Å². The van der Waals surface area contributed by atoms with Crippen molar-refractivity contribution in [2.24, 2.45) is 0 Å². The van der Waals surface area contributed by atoms with Crippen LogP contribution in [-0.4, -0.2) is 6.16 Å². The molecule has 0 aliphatic heterocycles. The Balaban J connectivity index is 1.27. The van der Waals surface area contributed by atoms with E-state index in [1.807, 2.05) is 13.8 Å². The van der Waals surface area contributed by atoms with Gasteiger partial charge in [0.1, 0.15) is 12.2 Å². The molecule has 2 unspecified atom stereocenters. The van der Waals surface area contributed by atoms with Gasteiger partial charge in [-0.15, -0.1) is 0 Å². The van der Waals surface area contributed by atoms with Crippen LogP contribution in [0.3, 0.4) is 0 Å². The van der Waals surface area contributed by atoms with Crippen molar-refractivity contribution in [2.75, 3.05) is 0 Å². The van der Waals surface area contributed by atoms with Crippen molar-refractivity contribution in [1.29, 1.82) is 0 Å². The number of hydrogen-bond acceptors (Lipinski definition) is 3. The summed E-state index contributed by atoms with van der Waals surface area (Å²) in [7, 11) is 0. The summed E-state index contributed by atoms with van der Waals surface area (Å²) in [5.41, 5.74) is 4.83. The standard InChI is InChI=1S/C29H38O3/c1-21(23-13-17-27(18-14-23)25-9-5-3-6-10-25)31-29(30)32-22(2)24-15-19-28(20-16-24)26-11-7-4-8-12-26/h13-22,25-26H,3-12H2,1-2H3. The van der Waals surface area contributed by atoms with Gasteiger partial charge in [-0.25, -0.2) is 4.79 Å². The molecule has 0 saturated heterocycles. The first-order chi connectivity index (χ1) is 15.6. The highest BCUT2D eigenvalue weighted by Gasteiger charge is 2.20. The highest BCUT2D eigenvalue weighted by atomic mass is 16.7. The van der Waals surface area contributed by atoms with Crippen LogP contribution in [0, 0.1) is 0 Å². The minimum atomic E-state index is -0.613. The van der Waals surface area contributed by atoms with Crippen molar-refractivity contribution in [3.63, 3.8) is 0 Å². The molecule has 32 heavy (non-hydrogen) atoms. The fourth-order valence-corrected chi connectivity index (χ4v) is 5.40. The van der Waals surface area contributed by atoms with Gasteiger partial charge in [-0.3, -0.25) is 0 Å². The summed E-state index contributed by atoms with van der Waals surface area (Å²) < 4.78 is 11.1. The quantitative estimate of drug-likeness (QED) is 0.426. The highest BCUT2D eigenvalue weighted by Crippen LogP contribution is 2.34. The molecule has 4 rings (SSSR count). The van der Waals surface area contributed by atoms with Crippen LogP contribution in [-0.2, 0) is 9.47 Å². The molecular weight excluding hydrogens is 396 g/mol. The predicted molar refractivity (Wildman–Crippen MR) is 129 cm³/mol. The molecule has 0 bridgehead atoms. The lowest BCUT2D eigenvalue weighted by Gasteiger charge is -2.23. The Bertz CT molecular complexity index is 771. The van der Waals surface area contributed by atoms with Gasteiger partial charge < -0.3 is 9.47 Å². The summed E-state index contributed by atoms with van der Waals surface area (Å²) in [6.45, 7) is 3.81. The Hall–Kier alpha value is -2.29. The van der Waals surface area contributed by atoms with Gasteiger partial charge in [-0.05, 0) is 73.6 Å². The lowest BCUT2D eigenvalue weighted by atomic mass is 9.84. The minimum absolute atomic E-state index is 0.330. The zero-order valence-electron chi connectivity index (χ0n) is 19.7. The van der Waals surface area contributed by atoms with Crippen LogP contribution in [0.25, 0.3) is 0 Å². The third-order valence-electron chi connectivity index (χ3n) is 7.51. The summed E-state index contributed by atoms with van der Waals surface area (Å²) in [5.74, 6) is 1.37. The predicted octanol–water partition coefficient (Wildman–Crippen LogP) is 8.76. The average molecular weight is 435 g/mol. The topological polar surface area (TPSA) is 35.5 Å². The molecule has 2 atom stereocenters. The van der Waals surface area contributed by atoms with Crippen molar-refractivity contribution in [3.05, 3.63) is 70.8 Å². The van der Waals surface area contributed by atoms with E-state index in [1.54, 1.807) is 0 Å². The SMILES string of the molecule is CC(OC(=O)OC(C)c1ccc(C2CCCCC2)cc1)c1ccc(C2CCCCC2)cc1. The monoisotopic (exact) mass is 434 g/mol. The molecule has 2 saturated carbocycles. The zero-order chi connectivity index (χ0) is 22.3. The number of carbonyl (C=O) groups is 1. The largest absolute Gasteiger partial charge is 0.509 e. The normalized spacial score (nSPS) is 19.8. The molecule has 0 heterocycles. The maximum atomic E-state index is 12.4. The van der Waals surface area contributed by atoms with E-state index < -0.39 is 6.16 Å². The Kier molecular flexibility index (Phi) is 7.89. The van der Waals surface area contributed by atoms with Crippen molar-refractivity contribution in [2.45, 2.75) is 102 Å². The molecule has 2 aromatic carbocycles. The first-order valence-corrected chi connectivity index (χ1v) is 12.7. The second kappa shape index (κ2) is 11.0. The Labute approximate surface area is 193 Å². The summed E-state index contributed by atoms with van der Waals surface area (Å²) in [5, 5.41) is 0. The summed E-state index contributed by atoms with van der Waals surface area (Å²) >= 11 is 0. The second-order valence-corrected chi connectivity index (χ2v) is 9.77. The minimum Gasteiger partial charge on any atom is -0.426 e. The van der Waals surface area contributed by atoms with Gasteiger partial charge in [0.05, 0.1) is 0 Å². The smallest absolute Gasteiger partial charge is 0.426 e. The first-order valence-electron chi connectivity index (χ1n) is 12.7. The number of ether oxygens (including phenoxy) is 2. The zero-order valence-corrected chi connectivity index (χ0v) is 19.7. The molecule has 0 radical (unpaired) electrons. The van der Waals surface area contributed by atoms with E-state index in [4.69, 9.17) is 9.47 Å². The summed E-state index contributed by atoms with van der Waals surface area (Å²) in [4.78, 5) is 12.4. The molecule has 2 aliphatic carbocycles. The summed E-state index contributed by atoms with van der Waals surface area (Å²) in [6, 6.07) is 17.2. The Morgan fingerprint density at radius 3 is 1.31 bits per heavy atom. The molecule has 2 aliphatic rings. The maximum absolute atomic E-state index is 12.4. The average Bonchev–Trinajstić information content (AvgIpc) is 2.85. The molecule has 3 nitrogen and oxygen atoms in total. The lowest BCUT2D eigenvalue weighted by molar-refractivity contribution is 0.00625. The van der Waals surface area contributed by atoms with E-state index >= 15 is 0 Å². The molecule has 0 amide bonds. The van der Waals surface area contributed by atoms with Gasteiger partial charge in [0, 0.05) is 0 Å². The molecule has 3 heteroatoms. The van der Waals surface area contributed by atoms with E-state index in [-0.39, 0.29) is 12.2 Å². The van der Waals surface area contributed by atoms with Crippen LogP contribution in [0.5, 0.6) is 0 Å². The van der Waals surface area contributed by atoms with Gasteiger partial charge in [0.25, 0.3) is 0 Å².